The van der Waals surface area contributed by atoms with Gasteiger partial charge in [-0.3, -0.25) is 0 Å². The molecule has 0 unspecified atom stereocenters. The smallest absolute Gasteiger partial charge is 0.545 e. The number of ether oxygens (including phenoxy) is 1. The van der Waals surface area contributed by atoms with Crippen molar-refractivity contribution in [1.29, 1.82) is 0 Å². The van der Waals surface area contributed by atoms with Crippen LogP contribution >= 0.6 is 0 Å². The second kappa shape index (κ2) is 14.8. The first-order valence-corrected chi connectivity index (χ1v) is 6.74. The Kier molecular flexibility index (Phi) is 16.1. The molecule has 0 amide bonds. The molecule has 0 bridgehead atoms. The van der Waals surface area contributed by atoms with Gasteiger partial charge in [0.15, 0.2) is 0 Å². The van der Waals surface area contributed by atoms with Crippen molar-refractivity contribution in [3.8, 4) is 0 Å². The topological polar surface area (TPSA) is 66.4 Å². The van der Waals surface area contributed by atoms with Crippen LogP contribution in [0.15, 0.2) is 24.3 Å². The average molecular weight is 290 g/mol. The van der Waals surface area contributed by atoms with Crippen molar-refractivity contribution >= 4 is 11.9 Å². The monoisotopic (exact) mass is 290 g/mol. The summed E-state index contributed by atoms with van der Waals surface area (Å²) in [7, 11) is 0. The molecule has 20 heavy (non-hydrogen) atoms. The minimum absolute atomic E-state index is 0. The van der Waals surface area contributed by atoms with Gasteiger partial charge in [0.1, 0.15) is 0 Å². The third-order valence-electron chi connectivity index (χ3n) is 2.60. The summed E-state index contributed by atoms with van der Waals surface area (Å²) in [5.41, 5.74) is 0.435. The van der Waals surface area contributed by atoms with E-state index < -0.39 is 5.97 Å². The van der Waals surface area contributed by atoms with Gasteiger partial charge in [0.2, 0.25) is 0 Å². The quantitative estimate of drug-likeness (QED) is 0.215. The Bertz CT molecular complexity index is 324. The van der Waals surface area contributed by atoms with Gasteiger partial charge in [-0.1, -0.05) is 38.3 Å². The van der Waals surface area contributed by atoms with E-state index in [0.29, 0.717) is 12.2 Å². The van der Waals surface area contributed by atoms with E-state index >= 15 is 0 Å². The van der Waals surface area contributed by atoms with Crippen LogP contribution in [0.4, 0.5) is 0 Å². The van der Waals surface area contributed by atoms with Crippen LogP contribution in [0.2, 0.25) is 0 Å². The minimum atomic E-state index is -1.13. The number of esters is 1. The molecule has 0 fully saturated rings. The average Bonchev–Trinajstić information content (AvgIpc) is 2.35. The molecule has 0 aromatic carbocycles. The fourth-order valence-corrected chi connectivity index (χ4v) is 1.54. The second-order valence-corrected chi connectivity index (χ2v) is 4.55. The van der Waals surface area contributed by atoms with Crippen molar-refractivity contribution < 1.29 is 49.0 Å². The summed E-state index contributed by atoms with van der Waals surface area (Å²) in [6.45, 7) is 5.60. The number of rotatable bonds is 11. The number of unbranched alkanes of at least 4 members (excludes halogenated alkanes) is 6. The molecular weight excluding hydrogens is 267 g/mol. The Labute approximate surface area is 143 Å². The number of carbonyl (C=O) groups is 2. The van der Waals surface area contributed by atoms with Gasteiger partial charge in [-0.2, -0.15) is 0 Å². The zero-order valence-electron chi connectivity index (χ0n) is 12.7. The van der Waals surface area contributed by atoms with Crippen LogP contribution in [0.3, 0.4) is 0 Å². The van der Waals surface area contributed by atoms with E-state index in [1.54, 1.807) is 13.0 Å². The van der Waals surface area contributed by atoms with Crippen LogP contribution in [0.5, 0.6) is 0 Å². The zero-order valence-corrected chi connectivity index (χ0v) is 14.7. The second-order valence-electron chi connectivity index (χ2n) is 4.55. The van der Waals surface area contributed by atoms with Crippen molar-refractivity contribution in [1.82, 2.24) is 0 Å². The maximum atomic E-state index is 11.1. The number of hydrogen-bond donors (Lipinski definition) is 0. The minimum Gasteiger partial charge on any atom is -0.545 e. The number of aliphatic carboxylic acids is 1. The largest absolute Gasteiger partial charge is 1.00 e. The van der Waals surface area contributed by atoms with E-state index in [4.69, 9.17) is 4.74 Å². The van der Waals surface area contributed by atoms with Gasteiger partial charge in [0.05, 0.1) is 12.6 Å². The molecule has 0 saturated heterocycles. The summed E-state index contributed by atoms with van der Waals surface area (Å²) in [6, 6.07) is 0. The van der Waals surface area contributed by atoms with E-state index in [9.17, 15) is 14.7 Å². The summed E-state index contributed by atoms with van der Waals surface area (Å²) < 4.78 is 4.98. The van der Waals surface area contributed by atoms with Gasteiger partial charge in [0, 0.05) is 5.57 Å². The molecule has 0 radical (unpaired) electrons. The fourth-order valence-electron chi connectivity index (χ4n) is 1.54. The van der Waals surface area contributed by atoms with E-state index in [0.717, 1.165) is 51.0 Å². The summed E-state index contributed by atoms with van der Waals surface area (Å²) in [4.78, 5) is 21.1. The summed E-state index contributed by atoms with van der Waals surface area (Å²) in [5, 5.41) is 10.1. The molecule has 0 aromatic heterocycles. The molecule has 0 atom stereocenters. The molecule has 0 N–H and O–H groups in total. The van der Waals surface area contributed by atoms with Crippen molar-refractivity contribution in [2.24, 2.45) is 0 Å². The zero-order chi connectivity index (χ0) is 14.5. The molecule has 0 aliphatic heterocycles. The third kappa shape index (κ3) is 15.5. The normalized spacial score (nSPS) is 10.1. The molecule has 0 aromatic rings. The van der Waals surface area contributed by atoms with Gasteiger partial charge in [0.25, 0.3) is 0 Å². The summed E-state index contributed by atoms with van der Waals surface area (Å²) >= 11 is 0. The predicted molar refractivity (Wildman–Crippen MR) is 72.2 cm³/mol. The first-order chi connectivity index (χ1) is 9.04. The Morgan fingerprint density at radius 3 is 2.20 bits per heavy atom. The molecule has 0 saturated carbocycles. The molecule has 0 aliphatic carbocycles. The molecule has 5 heteroatoms. The van der Waals surface area contributed by atoms with Crippen LogP contribution in [0, 0.1) is 0 Å². The number of allylic oxidation sites excluding steroid dienone is 1. The standard InChI is InChI=1S/C15H24O4.Na/c1-13(2)15(18)19-12-10-8-6-4-3-5-7-9-11-14(16)17;/h9,11H,1,3-8,10,12H2,2H3,(H,16,17);/q;+1/p-1. The van der Waals surface area contributed by atoms with E-state index in [1.807, 2.05) is 0 Å². The number of carboxylic acids is 1. The molecular formula is C15H23NaO4. The maximum absolute atomic E-state index is 11.1. The molecule has 4 nitrogen and oxygen atoms in total. The van der Waals surface area contributed by atoms with Gasteiger partial charge in [-0.25, -0.2) is 4.79 Å². The number of carboxylic acid groups (broad SMARTS) is 1. The summed E-state index contributed by atoms with van der Waals surface area (Å²) in [6.07, 6.45) is 9.72. The Morgan fingerprint density at radius 2 is 1.65 bits per heavy atom. The Morgan fingerprint density at radius 1 is 1.10 bits per heavy atom. The fraction of sp³-hybridized carbons (Fsp3) is 0.600. The van der Waals surface area contributed by atoms with E-state index in [-0.39, 0.29) is 35.5 Å². The molecule has 0 aliphatic rings. The summed E-state index contributed by atoms with van der Waals surface area (Å²) in [5.74, 6) is -1.45. The van der Waals surface area contributed by atoms with E-state index in [2.05, 4.69) is 6.58 Å². The number of carbonyl (C=O) groups excluding carboxylic acids is 2. The molecule has 0 rings (SSSR count). The predicted octanol–water partition coefficient (Wildman–Crippen LogP) is -0.853. The molecule has 108 valence electrons. The van der Waals surface area contributed by atoms with Gasteiger partial charge in [-0.05, 0) is 32.3 Å². The first kappa shape index (κ1) is 21.7. The van der Waals surface area contributed by atoms with Crippen molar-refractivity contribution in [2.75, 3.05) is 6.61 Å². The van der Waals surface area contributed by atoms with Crippen LogP contribution in [-0.4, -0.2) is 18.5 Å². The van der Waals surface area contributed by atoms with Crippen molar-refractivity contribution in [2.45, 2.75) is 51.9 Å². The van der Waals surface area contributed by atoms with Crippen LogP contribution < -0.4 is 34.7 Å². The number of hydrogen-bond acceptors (Lipinski definition) is 4. The van der Waals surface area contributed by atoms with Gasteiger partial charge in [-0.15, -0.1) is 0 Å². The van der Waals surface area contributed by atoms with Crippen molar-refractivity contribution in [3.63, 3.8) is 0 Å². The Hall–Kier alpha value is -0.580. The third-order valence-corrected chi connectivity index (χ3v) is 2.60. The van der Waals surface area contributed by atoms with E-state index in [1.165, 1.54) is 0 Å². The first-order valence-electron chi connectivity index (χ1n) is 6.74. The van der Waals surface area contributed by atoms with Gasteiger partial charge >= 0.3 is 35.5 Å². The van der Waals surface area contributed by atoms with Crippen LogP contribution in [0.25, 0.3) is 0 Å². The van der Waals surface area contributed by atoms with Gasteiger partial charge < -0.3 is 14.6 Å². The maximum Gasteiger partial charge on any atom is 1.00 e. The Balaban J connectivity index is 0. The van der Waals surface area contributed by atoms with Crippen LogP contribution in [-0.2, 0) is 14.3 Å². The molecule has 0 heterocycles. The SMILES string of the molecule is C=C(C)C(=O)OCCCCCCCCC=CC(=O)[O-].[Na+]. The van der Waals surface area contributed by atoms with Crippen molar-refractivity contribution in [3.05, 3.63) is 24.3 Å². The molecule has 0 spiro atoms. The van der Waals surface area contributed by atoms with Crippen LogP contribution in [0.1, 0.15) is 51.9 Å².